The molecule has 0 fully saturated rings. The Morgan fingerprint density at radius 1 is 1.41 bits per heavy atom. The van der Waals surface area contributed by atoms with Crippen LogP contribution < -0.4 is 4.74 Å². The summed E-state index contributed by atoms with van der Waals surface area (Å²) >= 11 is 9.23. The smallest absolute Gasteiger partial charge is 0.133 e. The van der Waals surface area contributed by atoms with Crippen molar-refractivity contribution in [3.8, 4) is 5.75 Å². The molecule has 96 valence electrons. The van der Waals surface area contributed by atoms with Gasteiger partial charge >= 0.3 is 0 Å². The minimum absolute atomic E-state index is 0.725. The molecular formula is C13H19BrClNO. The molecular weight excluding hydrogens is 302 g/mol. The zero-order chi connectivity index (χ0) is 12.7. The Hall–Kier alpha value is -0.250. The van der Waals surface area contributed by atoms with Crippen LogP contribution in [0.1, 0.15) is 18.9 Å². The molecule has 0 aliphatic rings. The van der Waals surface area contributed by atoms with Crippen molar-refractivity contribution in [1.29, 1.82) is 0 Å². The SMILES string of the molecule is CCN(CCCCl)Cc1ccc(OC)c(Br)c1. The third kappa shape index (κ3) is 4.86. The van der Waals surface area contributed by atoms with Crippen LogP contribution in [0.25, 0.3) is 0 Å². The number of rotatable bonds is 7. The first-order valence-corrected chi connectivity index (χ1v) is 7.14. The first-order chi connectivity index (χ1) is 8.21. The largest absolute Gasteiger partial charge is 0.496 e. The molecule has 2 nitrogen and oxygen atoms in total. The summed E-state index contributed by atoms with van der Waals surface area (Å²) in [5, 5.41) is 0. The van der Waals surface area contributed by atoms with Gasteiger partial charge in [-0.15, -0.1) is 11.6 Å². The van der Waals surface area contributed by atoms with Gasteiger partial charge in [-0.1, -0.05) is 13.0 Å². The van der Waals surface area contributed by atoms with Gasteiger partial charge in [0.1, 0.15) is 5.75 Å². The van der Waals surface area contributed by atoms with E-state index in [2.05, 4.69) is 39.9 Å². The molecule has 0 spiro atoms. The van der Waals surface area contributed by atoms with Crippen LogP contribution in [0, 0.1) is 0 Å². The number of hydrogen-bond acceptors (Lipinski definition) is 2. The Morgan fingerprint density at radius 2 is 2.18 bits per heavy atom. The van der Waals surface area contributed by atoms with Crippen LogP contribution in [0.2, 0.25) is 0 Å². The molecule has 4 heteroatoms. The van der Waals surface area contributed by atoms with Crippen LogP contribution in [0.4, 0.5) is 0 Å². The van der Waals surface area contributed by atoms with Gasteiger partial charge < -0.3 is 4.74 Å². The lowest BCUT2D eigenvalue weighted by molar-refractivity contribution is 0.281. The summed E-state index contributed by atoms with van der Waals surface area (Å²) in [6, 6.07) is 6.21. The molecule has 0 unspecified atom stereocenters. The lowest BCUT2D eigenvalue weighted by Crippen LogP contribution is -2.24. The Balaban J connectivity index is 2.63. The van der Waals surface area contributed by atoms with E-state index in [-0.39, 0.29) is 0 Å². The Bertz CT molecular complexity index is 346. The van der Waals surface area contributed by atoms with E-state index in [1.165, 1.54) is 5.56 Å². The standard InChI is InChI=1S/C13H19BrClNO/c1-3-16(8-4-7-15)10-11-5-6-13(17-2)12(14)9-11/h5-6,9H,3-4,7-8,10H2,1-2H3. The van der Waals surface area contributed by atoms with E-state index in [1.54, 1.807) is 7.11 Å². The highest BCUT2D eigenvalue weighted by atomic mass is 79.9. The minimum Gasteiger partial charge on any atom is -0.496 e. The number of hydrogen-bond donors (Lipinski definition) is 0. The maximum Gasteiger partial charge on any atom is 0.133 e. The van der Waals surface area contributed by atoms with Crippen molar-refractivity contribution in [3.63, 3.8) is 0 Å². The molecule has 0 radical (unpaired) electrons. The molecule has 0 aliphatic carbocycles. The van der Waals surface area contributed by atoms with Gasteiger partial charge in [0, 0.05) is 12.4 Å². The fourth-order valence-electron chi connectivity index (χ4n) is 1.70. The normalized spacial score (nSPS) is 10.9. The monoisotopic (exact) mass is 319 g/mol. The van der Waals surface area contributed by atoms with Gasteiger partial charge in [-0.05, 0) is 53.1 Å². The minimum atomic E-state index is 0.725. The topological polar surface area (TPSA) is 12.5 Å². The average Bonchev–Trinajstić information content (AvgIpc) is 2.34. The molecule has 1 aromatic rings. The van der Waals surface area contributed by atoms with Crippen LogP contribution >= 0.6 is 27.5 Å². The van der Waals surface area contributed by atoms with Crippen LogP contribution in [0.15, 0.2) is 22.7 Å². The number of benzene rings is 1. The highest BCUT2D eigenvalue weighted by molar-refractivity contribution is 9.10. The molecule has 1 rings (SSSR count). The molecule has 1 aromatic carbocycles. The van der Waals surface area contributed by atoms with E-state index in [0.717, 1.165) is 42.2 Å². The first kappa shape index (κ1) is 14.8. The Kier molecular flexibility index (Phi) is 6.93. The van der Waals surface area contributed by atoms with Crippen LogP contribution in [-0.4, -0.2) is 31.0 Å². The maximum atomic E-state index is 5.72. The molecule has 0 aromatic heterocycles. The maximum absolute atomic E-state index is 5.72. The summed E-state index contributed by atoms with van der Waals surface area (Å²) in [5.74, 6) is 1.60. The number of halogens is 2. The van der Waals surface area contributed by atoms with Crippen molar-refractivity contribution < 1.29 is 4.74 Å². The van der Waals surface area contributed by atoms with Gasteiger partial charge in [-0.2, -0.15) is 0 Å². The fourth-order valence-corrected chi connectivity index (χ4v) is 2.41. The molecule has 0 amide bonds. The molecule has 0 heterocycles. The Labute approximate surface area is 117 Å². The second-order valence-corrected chi connectivity index (χ2v) is 5.11. The lowest BCUT2D eigenvalue weighted by atomic mass is 10.2. The van der Waals surface area contributed by atoms with Gasteiger partial charge in [0.05, 0.1) is 11.6 Å². The molecule has 0 aliphatic heterocycles. The van der Waals surface area contributed by atoms with Gasteiger partial charge in [0.2, 0.25) is 0 Å². The summed E-state index contributed by atoms with van der Waals surface area (Å²) in [6.45, 7) is 5.22. The zero-order valence-electron chi connectivity index (χ0n) is 10.4. The van der Waals surface area contributed by atoms with E-state index in [4.69, 9.17) is 16.3 Å². The highest BCUT2D eigenvalue weighted by Gasteiger charge is 2.06. The van der Waals surface area contributed by atoms with Crippen molar-refractivity contribution >= 4 is 27.5 Å². The van der Waals surface area contributed by atoms with Gasteiger partial charge in [-0.3, -0.25) is 4.90 Å². The lowest BCUT2D eigenvalue weighted by Gasteiger charge is -2.20. The van der Waals surface area contributed by atoms with Crippen molar-refractivity contribution in [1.82, 2.24) is 4.90 Å². The van der Waals surface area contributed by atoms with Crippen LogP contribution in [-0.2, 0) is 6.54 Å². The third-order valence-corrected chi connectivity index (χ3v) is 3.56. The summed E-state index contributed by atoms with van der Waals surface area (Å²) in [6.07, 6.45) is 1.03. The fraction of sp³-hybridized carbons (Fsp3) is 0.538. The summed E-state index contributed by atoms with van der Waals surface area (Å²) in [7, 11) is 1.68. The average molecular weight is 321 g/mol. The van der Waals surface area contributed by atoms with Crippen molar-refractivity contribution in [3.05, 3.63) is 28.2 Å². The third-order valence-electron chi connectivity index (χ3n) is 2.68. The van der Waals surface area contributed by atoms with Gasteiger partial charge in [-0.25, -0.2) is 0 Å². The zero-order valence-corrected chi connectivity index (χ0v) is 12.7. The van der Waals surface area contributed by atoms with Crippen LogP contribution in [0.5, 0.6) is 5.75 Å². The van der Waals surface area contributed by atoms with Crippen molar-refractivity contribution in [2.75, 3.05) is 26.1 Å². The summed E-state index contributed by atoms with van der Waals surface area (Å²) in [4.78, 5) is 2.39. The van der Waals surface area contributed by atoms with E-state index in [0.29, 0.717) is 0 Å². The van der Waals surface area contributed by atoms with Gasteiger partial charge in [0.15, 0.2) is 0 Å². The van der Waals surface area contributed by atoms with Gasteiger partial charge in [0.25, 0.3) is 0 Å². The molecule has 17 heavy (non-hydrogen) atoms. The van der Waals surface area contributed by atoms with E-state index >= 15 is 0 Å². The molecule has 0 saturated carbocycles. The second kappa shape index (κ2) is 7.96. The number of methoxy groups -OCH3 is 1. The number of alkyl halides is 1. The number of ether oxygens (including phenoxy) is 1. The molecule has 0 N–H and O–H groups in total. The Morgan fingerprint density at radius 3 is 2.71 bits per heavy atom. The molecule has 0 atom stereocenters. The van der Waals surface area contributed by atoms with Crippen molar-refractivity contribution in [2.24, 2.45) is 0 Å². The van der Waals surface area contributed by atoms with E-state index < -0.39 is 0 Å². The second-order valence-electron chi connectivity index (χ2n) is 3.88. The predicted molar refractivity (Wildman–Crippen MR) is 77.0 cm³/mol. The summed E-state index contributed by atoms with van der Waals surface area (Å²) in [5.41, 5.74) is 1.29. The first-order valence-electron chi connectivity index (χ1n) is 5.82. The van der Waals surface area contributed by atoms with E-state index in [9.17, 15) is 0 Å². The van der Waals surface area contributed by atoms with E-state index in [1.807, 2.05) is 6.07 Å². The van der Waals surface area contributed by atoms with Crippen LogP contribution in [0.3, 0.4) is 0 Å². The number of nitrogens with zero attached hydrogens (tertiary/aromatic N) is 1. The molecule has 0 bridgehead atoms. The quantitative estimate of drug-likeness (QED) is 0.706. The highest BCUT2D eigenvalue weighted by Crippen LogP contribution is 2.26. The molecule has 0 saturated heterocycles. The predicted octanol–water partition coefficient (Wildman–Crippen LogP) is 3.91. The summed E-state index contributed by atoms with van der Waals surface area (Å²) < 4.78 is 6.22. The van der Waals surface area contributed by atoms with Crippen molar-refractivity contribution in [2.45, 2.75) is 19.9 Å².